The van der Waals surface area contributed by atoms with Gasteiger partial charge in [0, 0.05) is 18.6 Å². The highest BCUT2D eigenvalue weighted by atomic mass is 16.5. The highest BCUT2D eigenvalue weighted by Crippen LogP contribution is 2.34. The normalized spacial score (nSPS) is 14.0. The number of aromatic nitrogens is 2. The second kappa shape index (κ2) is 10.9. The van der Waals surface area contributed by atoms with Crippen molar-refractivity contribution in [2.24, 2.45) is 16.6 Å². The van der Waals surface area contributed by atoms with Crippen LogP contribution in [0.25, 0.3) is 10.9 Å². The van der Waals surface area contributed by atoms with Crippen LogP contribution in [0, 0.1) is 5.92 Å². The van der Waals surface area contributed by atoms with Crippen molar-refractivity contribution in [3.63, 3.8) is 0 Å². The van der Waals surface area contributed by atoms with Crippen LogP contribution in [0.4, 0.5) is 5.82 Å². The Labute approximate surface area is 205 Å². The van der Waals surface area contributed by atoms with Gasteiger partial charge in [0.1, 0.15) is 23.1 Å². The zero-order chi connectivity index (χ0) is 24.8. The summed E-state index contributed by atoms with van der Waals surface area (Å²) < 4.78 is 17.5. The third-order valence-electron chi connectivity index (χ3n) is 5.74. The van der Waals surface area contributed by atoms with Gasteiger partial charge in [-0.25, -0.2) is 4.98 Å². The summed E-state index contributed by atoms with van der Waals surface area (Å²) in [6.45, 7) is 6.74. The fourth-order valence-corrected chi connectivity index (χ4v) is 3.55. The number of rotatable bonds is 11. The molecule has 182 valence electrons. The van der Waals surface area contributed by atoms with Gasteiger partial charge in [-0.1, -0.05) is 13.5 Å². The maximum Gasteiger partial charge on any atom is 0.162 e. The number of nitrogens with two attached hydrogens (primary N) is 1. The number of ether oxygens (including phenoxy) is 3. The van der Waals surface area contributed by atoms with Crippen LogP contribution in [0.1, 0.15) is 25.3 Å². The van der Waals surface area contributed by atoms with Crippen LogP contribution in [0.15, 0.2) is 71.5 Å². The highest BCUT2D eigenvalue weighted by molar-refractivity contribution is 5.87. The maximum atomic E-state index is 6.26. The van der Waals surface area contributed by atoms with Crippen molar-refractivity contribution in [3.05, 3.63) is 72.0 Å². The molecule has 1 saturated carbocycles. The Kier molecular flexibility index (Phi) is 7.50. The van der Waals surface area contributed by atoms with Crippen LogP contribution < -0.4 is 20.5 Å². The molecular formula is C27H31N5O3. The minimum absolute atomic E-state index is 0.391. The topological polar surface area (TPSA) is 104 Å². The van der Waals surface area contributed by atoms with Crippen molar-refractivity contribution in [3.8, 4) is 17.2 Å². The van der Waals surface area contributed by atoms with Crippen molar-refractivity contribution in [2.45, 2.75) is 26.2 Å². The average molecular weight is 474 g/mol. The standard InChI is InChI=1S/C27H31N5O3/c1-5-19-12-22-21(13-24(19)33-4)23(10-11-30-22)35-20-8-9-26(31-14-20)32-17(2)27(28)25(15-29-3)34-16-18-6-7-18/h8-15,18H,2,5-7,16,28H2,1,3-4H3,(H,31,32). The number of hydrogen-bond acceptors (Lipinski definition) is 8. The first-order chi connectivity index (χ1) is 17.0. The number of fused-ring (bicyclic) bond motifs is 1. The number of aryl methyl sites for hydroxylation is 1. The number of nitrogens with zero attached hydrogens (tertiary/aromatic N) is 3. The monoisotopic (exact) mass is 473 g/mol. The third-order valence-corrected chi connectivity index (χ3v) is 5.74. The Bertz CT molecular complexity index is 1260. The Morgan fingerprint density at radius 1 is 1.23 bits per heavy atom. The second-order valence-electron chi connectivity index (χ2n) is 8.35. The van der Waals surface area contributed by atoms with E-state index >= 15 is 0 Å². The van der Waals surface area contributed by atoms with E-state index < -0.39 is 0 Å². The Hall–Kier alpha value is -4.07. The lowest BCUT2D eigenvalue weighted by Gasteiger charge is -2.14. The van der Waals surface area contributed by atoms with Crippen molar-refractivity contribution in [1.29, 1.82) is 0 Å². The van der Waals surface area contributed by atoms with Gasteiger partial charge >= 0.3 is 0 Å². The Morgan fingerprint density at radius 3 is 2.71 bits per heavy atom. The molecule has 0 saturated heterocycles. The van der Waals surface area contributed by atoms with Gasteiger partial charge in [-0.2, -0.15) is 0 Å². The predicted octanol–water partition coefficient (Wildman–Crippen LogP) is 5.22. The quantitative estimate of drug-likeness (QED) is 0.224. The van der Waals surface area contributed by atoms with E-state index in [2.05, 4.69) is 33.8 Å². The number of nitrogens with one attached hydrogen (secondary N) is 1. The lowest BCUT2D eigenvalue weighted by atomic mass is 10.1. The zero-order valence-corrected chi connectivity index (χ0v) is 20.4. The summed E-state index contributed by atoms with van der Waals surface area (Å²) in [6, 6.07) is 9.44. The lowest BCUT2D eigenvalue weighted by Crippen LogP contribution is -2.15. The fraction of sp³-hybridized carbons (Fsp3) is 0.296. The first kappa shape index (κ1) is 24.1. The summed E-state index contributed by atoms with van der Waals surface area (Å²) in [7, 11) is 3.34. The molecule has 0 radical (unpaired) electrons. The summed E-state index contributed by atoms with van der Waals surface area (Å²) in [6.07, 6.45) is 8.21. The van der Waals surface area contributed by atoms with Crippen LogP contribution in [0.5, 0.6) is 17.2 Å². The molecule has 8 nitrogen and oxygen atoms in total. The van der Waals surface area contributed by atoms with E-state index in [0.717, 1.165) is 28.6 Å². The van der Waals surface area contributed by atoms with Gasteiger partial charge in [0.25, 0.3) is 0 Å². The average Bonchev–Trinajstić information content (AvgIpc) is 3.71. The van der Waals surface area contributed by atoms with Crippen LogP contribution in [0.2, 0.25) is 0 Å². The van der Waals surface area contributed by atoms with E-state index in [4.69, 9.17) is 19.9 Å². The van der Waals surface area contributed by atoms with Gasteiger partial charge < -0.3 is 25.3 Å². The minimum Gasteiger partial charge on any atom is -0.496 e. The molecule has 2 aromatic heterocycles. The number of pyridine rings is 2. The Morgan fingerprint density at radius 2 is 2.06 bits per heavy atom. The van der Waals surface area contributed by atoms with Crippen molar-refractivity contribution >= 4 is 22.9 Å². The van der Waals surface area contributed by atoms with E-state index in [9.17, 15) is 0 Å². The number of allylic oxidation sites excluding steroid dienone is 1. The molecule has 8 heteroatoms. The van der Waals surface area contributed by atoms with Gasteiger partial charge in [-0.15, -0.1) is 0 Å². The third kappa shape index (κ3) is 5.90. The maximum absolute atomic E-state index is 6.26. The molecule has 0 aliphatic heterocycles. The van der Waals surface area contributed by atoms with Crippen molar-refractivity contribution in [2.75, 3.05) is 26.1 Å². The molecule has 0 unspecified atom stereocenters. The SMILES string of the molecule is C=C(Nc1ccc(Oc2ccnc3cc(CC)c(OC)cc23)cn1)C(N)=C(C=NC)OCC1CC1. The summed E-state index contributed by atoms with van der Waals surface area (Å²) in [5, 5.41) is 3.99. The molecule has 1 aliphatic carbocycles. The summed E-state index contributed by atoms with van der Waals surface area (Å²) in [5.74, 6) is 3.75. The van der Waals surface area contributed by atoms with Crippen LogP contribution in [-0.2, 0) is 11.2 Å². The molecule has 0 amide bonds. The van der Waals surface area contributed by atoms with Gasteiger partial charge in [-0.3, -0.25) is 9.98 Å². The molecule has 0 bridgehead atoms. The number of aliphatic imine (C=N–C) groups is 1. The fourth-order valence-electron chi connectivity index (χ4n) is 3.55. The van der Waals surface area contributed by atoms with E-state index in [1.807, 2.05) is 24.3 Å². The smallest absolute Gasteiger partial charge is 0.162 e. The van der Waals surface area contributed by atoms with E-state index in [1.54, 1.807) is 38.8 Å². The van der Waals surface area contributed by atoms with E-state index in [-0.39, 0.29) is 0 Å². The van der Waals surface area contributed by atoms with Gasteiger partial charge in [0.15, 0.2) is 5.76 Å². The Balaban J connectivity index is 1.47. The molecule has 4 rings (SSSR count). The molecule has 3 aromatic rings. The summed E-state index contributed by atoms with van der Waals surface area (Å²) in [4.78, 5) is 13.0. The van der Waals surface area contributed by atoms with E-state index in [1.165, 1.54) is 12.8 Å². The summed E-state index contributed by atoms with van der Waals surface area (Å²) in [5.41, 5.74) is 9.08. The zero-order valence-electron chi connectivity index (χ0n) is 20.4. The number of methoxy groups -OCH3 is 1. The molecule has 3 N–H and O–H groups in total. The molecule has 0 atom stereocenters. The molecule has 1 aliphatic rings. The summed E-state index contributed by atoms with van der Waals surface area (Å²) >= 11 is 0. The molecule has 1 aromatic carbocycles. The highest BCUT2D eigenvalue weighted by Gasteiger charge is 2.22. The minimum atomic E-state index is 0.391. The van der Waals surface area contributed by atoms with Crippen molar-refractivity contribution in [1.82, 2.24) is 9.97 Å². The van der Waals surface area contributed by atoms with Crippen LogP contribution in [0.3, 0.4) is 0 Å². The van der Waals surface area contributed by atoms with Gasteiger partial charge in [0.2, 0.25) is 0 Å². The van der Waals surface area contributed by atoms with Crippen molar-refractivity contribution < 1.29 is 14.2 Å². The van der Waals surface area contributed by atoms with Crippen LogP contribution in [-0.4, -0.2) is 36.9 Å². The van der Waals surface area contributed by atoms with Gasteiger partial charge in [-0.05, 0) is 61.1 Å². The first-order valence-corrected chi connectivity index (χ1v) is 11.6. The lowest BCUT2D eigenvalue weighted by molar-refractivity contribution is 0.216. The van der Waals surface area contributed by atoms with Crippen LogP contribution >= 0.6 is 0 Å². The molecular weight excluding hydrogens is 442 g/mol. The largest absolute Gasteiger partial charge is 0.496 e. The number of hydrogen-bond donors (Lipinski definition) is 2. The number of benzene rings is 1. The predicted molar refractivity (Wildman–Crippen MR) is 139 cm³/mol. The van der Waals surface area contributed by atoms with Gasteiger partial charge in [0.05, 0.1) is 43.0 Å². The molecule has 1 fully saturated rings. The molecule has 35 heavy (non-hydrogen) atoms. The number of anilines is 1. The first-order valence-electron chi connectivity index (χ1n) is 11.6. The van der Waals surface area contributed by atoms with E-state index in [0.29, 0.717) is 47.0 Å². The molecule has 2 heterocycles. The second-order valence-corrected chi connectivity index (χ2v) is 8.35. The molecule has 0 spiro atoms.